The van der Waals surface area contributed by atoms with E-state index < -0.39 is 0 Å². The largest absolute Gasteiger partial charge is 0.383 e. The predicted molar refractivity (Wildman–Crippen MR) is 95.1 cm³/mol. The molecule has 0 saturated heterocycles. The Balaban J connectivity index is 0.00000400. The van der Waals surface area contributed by atoms with E-state index in [4.69, 9.17) is 10.5 Å². The fourth-order valence-electron chi connectivity index (χ4n) is 1.52. The summed E-state index contributed by atoms with van der Waals surface area (Å²) in [4.78, 5) is 17.5. The van der Waals surface area contributed by atoms with Crippen LogP contribution in [0.15, 0.2) is 29.3 Å². The number of nitrogens with one attached hydrogen (secondary N) is 1. The summed E-state index contributed by atoms with van der Waals surface area (Å²) in [7, 11) is 5.09. The standard InChI is InChI=1S/C14H22N4O2.HI/c1-18(2)13(19)12-6-4-11(5-7-12)10-17-14(15)16-8-9-20-3;/h4-7H,8-10H2,1-3H3,(H3,15,16,17);1H. The first kappa shape index (κ1) is 19.7. The van der Waals surface area contributed by atoms with E-state index in [9.17, 15) is 4.79 Å². The number of benzene rings is 1. The molecule has 0 atom stereocenters. The Morgan fingerprint density at radius 1 is 1.33 bits per heavy atom. The minimum atomic E-state index is -0.0132. The van der Waals surface area contributed by atoms with Crippen molar-refractivity contribution < 1.29 is 9.53 Å². The van der Waals surface area contributed by atoms with Gasteiger partial charge in [-0.15, -0.1) is 24.0 Å². The van der Waals surface area contributed by atoms with Gasteiger partial charge in [0, 0.05) is 33.3 Å². The van der Waals surface area contributed by atoms with Crippen molar-refractivity contribution in [2.45, 2.75) is 6.54 Å². The van der Waals surface area contributed by atoms with Crippen molar-refractivity contribution in [3.63, 3.8) is 0 Å². The molecule has 1 aromatic rings. The maximum atomic E-state index is 11.7. The summed E-state index contributed by atoms with van der Waals surface area (Å²) in [6, 6.07) is 7.34. The summed E-state index contributed by atoms with van der Waals surface area (Å²) in [5.41, 5.74) is 7.36. The lowest BCUT2D eigenvalue weighted by Crippen LogP contribution is -2.34. The lowest BCUT2D eigenvalue weighted by Gasteiger charge is -2.10. The molecule has 1 rings (SSSR count). The minimum absolute atomic E-state index is 0. The molecule has 1 amide bonds. The monoisotopic (exact) mass is 406 g/mol. The second kappa shape index (κ2) is 10.4. The highest BCUT2D eigenvalue weighted by Gasteiger charge is 2.06. The molecule has 0 aliphatic heterocycles. The SMILES string of the molecule is COCCNC(N)=NCc1ccc(C(=O)N(C)C)cc1.I. The first-order valence-corrected chi connectivity index (χ1v) is 6.38. The van der Waals surface area contributed by atoms with Gasteiger partial charge in [-0.25, -0.2) is 4.99 Å². The van der Waals surface area contributed by atoms with Crippen LogP contribution in [-0.4, -0.2) is 51.1 Å². The molecule has 3 N–H and O–H groups in total. The van der Waals surface area contributed by atoms with E-state index in [2.05, 4.69) is 10.3 Å². The zero-order valence-corrected chi connectivity index (χ0v) is 15.0. The molecule has 0 fully saturated rings. The molecule has 0 spiro atoms. The molecule has 21 heavy (non-hydrogen) atoms. The van der Waals surface area contributed by atoms with Crippen LogP contribution in [0.4, 0.5) is 0 Å². The van der Waals surface area contributed by atoms with Crippen molar-refractivity contribution in [1.82, 2.24) is 10.2 Å². The molecule has 0 saturated carbocycles. The van der Waals surface area contributed by atoms with Crippen LogP contribution in [0.5, 0.6) is 0 Å². The van der Waals surface area contributed by atoms with E-state index in [1.165, 1.54) is 0 Å². The average Bonchev–Trinajstić information content (AvgIpc) is 2.45. The first-order chi connectivity index (χ1) is 9.54. The molecule has 0 unspecified atom stereocenters. The lowest BCUT2D eigenvalue weighted by atomic mass is 10.1. The van der Waals surface area contributed by atoms with Crippen molar-refractivity contribution in [2.75, 3.05) is 34.4 Å². The van der Waals surface area contributed by atoms with E-state index in [1.54, 1.807) is 38.2 Å². The van der Waals surface area contributed by atoms with E-state index in [1.807, 2.05) is 12.1 Å². The molecule has 1 aromatic carbocycles. The Morgan fingerprint density at radius 2 is 1.95 bits per heavy atom. The number of rotatable bonds is 6. The fourth-order valence-corrected chi connectivity index (χ4v) is 1.52. The summed E-state index contributed by atoms with van der Waals surface area (Å²) in [5, 5.41) is 2.94. The first-order valence-electron chi connectivity index (χ1n) is 6.38. The number of nitrogens with zero attached hydrogens (tertiary/aromatic N) is 2. The van der Waals surface area contributed by atoms with Crippen molar-refractivity contribution >= 4 is 35.8 Å². The van der Waals surface area contributed by atoms with Gasteiger partial charge in [-0.2, -0.15) is 0 Å². The lowest BCUT2D eigenvalue weighted by molar-refractivity contribution is 0.0827. The van der Waals surface area contributed by atoms with Crippen molar-refractivity contribution in [3.05, 3.63) is 35.4 Å². The van der Waals surface area contributed by atoms with Gasteiger partial charge >= 0.3 is 0 Å². The molecule has 0 aliphatic rings. The van der Waals surface area contributed by atoms with Gasteiger partial charge in [-0.3, -0.25) is 4.79 Å². The maximum Gasteiger partial charge on any atom is 0.253 e. The Kier molecular flexibility index (Phi) is 9.72. The second-order valence-corrected chi connectivity index (χ2v) is 4.52. The number of carbonyl (C=O) groups is 1. The van der Waals surface area contributed by atoms with Crippen molar-refractivity contribution in [3.8, 4) is 0 Å². The number of aliphatic imine (C=N–C) groups is 1. The Labute approximate surface area is 142 Å². The van der Waals surface area contributed by atoms with Crippen molar-refractivity contribution in [1.29, 1.82) is 0 Å². The molecule has 0 aromatic heterocycles. The van der Waals surface area contributed by atoms with E-state index in [0.29, 0.717) is 31.2 Å². The molecule has 0 bridgehead atoms. The van der Waals surface area contributed by atoms with Gasteiger partial charge in [0.05, 0.1) is 13.2 Å². The third kappa shape index (κ3) is 7.28. The smallest absolute Gasteiger partial charge is 0.253 e. The molecular formula is C14H23IN4O2. The van der Waals surface area contributed by atoms with E-state index in [0.717, 1.165) is 5.56 Å². The fraction of sp³-hybridized carbons (Fsp3) is 0.429. The van der Waals surface area contributed by atoms with E-state index >= 15 is 0 Å². The third-order valence-corrected chi connectivity index (χ3v) is 2.65. The number of guanidine groups is 1. The highest BCUT2D eigenvalue weighted by molar-refractivity contribution is 14.0. The van der Waals surface area contributed by atoms with Gasteiger partial charge in [0.2, 0.25) is 0 Å². The summed E-state index contributed by atoms with van der Waals surface area (Å²) in [6.07, 6.45) is 0. The van der Waals surface area contributed by atoms with Crippen LogP contribution in [0.25, 0.3) is 0 Å². The number of methoxy groups -OCH3 is 1. The van der Waals surface area contributed by atoms with Crippen LogP contribution in [0.2, 0.25) is 0 Å². The highest BCUT2D eigenvalue weighted by atomic mass is 127. The molecule has 0 heterocycles. The topological polar surface area (TPSA) is 80.0 Å². The van der Waals surface area contributed by atoms with Crippen LogP contribution in [0, 0.1) is 0 Å². The molecule has 0 radical (unpaired) electrons. The Bertz CT molecular complexity index is 461. The normalized spacial score (nSPS) is 10.7. The highest BCUT2D eigenvalue weighted by Crippen LogP contribution is 2.07. The van der Waals surface area contributed by atoms with Crippen molar-refractivity contribution in [2.24, 2.45) is 10.7 Å². The summed E-state index contributed by atoms with van der Waals surface area (Å²) in [5.74, 6) is 0.372. The van der Waals surface area contributed by atoms with Crippen LogP contribution < -0.4 is 11.1 Å². The molecule has 118 valence electrons. The Hall–Kier alpha value is -1.35. The van der Waals surface area contributed by atoms with Crippen LogP contribution in [-0.2, 0) is 11.3 Å². The molecular weight excluding hydrogens is 383 g/mol. The van der Waals surface area contributed by atoms with Gasteiger partial charge in [0.1, 0.15) is 0 Å². The van der Waals surface area contributed by atoms with E-state index in [-0.39, 0.29) is 29.9 Å². The number of nitrogens with two attached hydrogens (primary N) is 1. The summed E-state index contributed by atoms with van der Waals surface area (Å²) < 4.78 is 4.90. The van der Waals surface area contributed by atoms with Gasteiger partial charge < -0.3 is 20.7 Å². The van der Waals surface area contributed by atoms with Gasteiger partial charge in [-0.05, 0) is 17.7 Å². The molecule has 0 aliphatic carbocycles. The zero-order valence-electron chi connectivity index (χ0n) is 12.6. The number of amides is 1. The quantitative estimate of drug-likeness (QED) is 0.321. The summed E-state index contributed by atoms with van der Waals surface area (Å²) in [6.45, 7) is 1.68. The number of ether oxygens (including phenoxy) is 1. The maximum absolute atomic E-state index is 11.7. The number of hydrogen-bond acceptors (Lipinski definition) is 3. The number of halogens is 1. The average molecular weight is 406 g/mol. The number of hydrogen-bond donors (Lipinski definition) is 2. The van der Waals surface area contributed by atoms with Gasteiger partial charge in [-0.1, -0.05) is 12.1 Å². The summed E-state index contributed by atoms with van der Waals surface area (Å²) >= 11 is 0. The molecule has 6 nitrogen and oxygen atoms in total. The predicted octanol–water partition coefficient (Wildman–Crippen LogP) is 1.06. The minimum Gasteiger partial charge on any atom is -0.383 e. The van der Waals surface area contributed by atoms with Crippen LogP contribution in [0.1, 0.15) is 15.9 Å². The number of carbonyl (C=O) groups excluding carboxylic acids is 1. The van der Waals surface area contributed by atoms with Crippen LogP contribution in [0.3, 0.4) is 0 Å². The van der Waals surface area contributed by atoms with Gasteiger partial charge in [0.25, 0.3) is 5.91 Å². The van der Waals surface area contributed by atoms with Gasteiger partial charge in [0.15, 0.2) is 5.96 Å². The van der Waals surface area contributed by atoms with Crippen LogP contribution >= 0.6 is 24.0 Å². The second-order valence-electron chi connectivity index (χ2n) is 4.52. The molecule has 7 heteroatoms. The zero-order chi connectivity index (χ0) is 15.0. The Morgan fingerprint density at radius 3 is 2.48 bits per heavy atom. The third-order valence-electron chi connectivity index (χ3n) is 2.65.